The van der Waals surface area contributed by atoms with Crippen molar-refractivity contribution in [2.45, 2.75) is 28.7 Å². The lowest BCUT2D eigenvalue weighted by atomic mass is 9.92. The Labute approximate surface area is 187 Å². The number of hydrogen-bond acceptors (Lipinski definition) is 6. The SMILES string of the molecule is COCOc1c(Sc2ccccc2)ccc2c1[C@H](C)[C@@H](c1ccc(OC)c(OC)c1)O2. The van der Waals surface area contributed by atoms with Crippen LogP contribution < -0.4 is 18.9 Å². The van der Waals surface area contributed by atoms with Crippen molar-refractivity contribution in [1.82, 2.24) is 0 Å². The van der Waals surface area contributed by atoms with Crippen LogP contribution in [0.2, 0.25) is 0 Å². The zero-order valence-corrected chi connectivity index (χ0v) is 18.9. The molecule has 31 heavy (non-hydrogen) atoms. The zero-order valence-electron chi connectivity index (χ0n) is 18.1. The zero-order chi connectivity index (χ0) is 21.8. The first kappa shape index (κ1) is 21.4. The van der Waals surface area contributed by atoms with Gasteiger partial charge in [0.25, 0.3) is 0 Å². The molecule has 0 N–H and O–H groups in total. The van der Waals surface area contributed by atoms with E-state index in [2.05, 4.69) is 19.1 Å². The summed E-state index contributed by atoms with van der Waals surface area (Å²) in [6.45, 7) is 2.33. The van der Waals surface area contributed by atoms with Gasteiger partial charge in [-0.2, -0.15) is 0 Å². The van der Waals surface area contributed by atoms with Gasteiger partial charge >= 0.3 is 0 Å². The lowest BCUT2D eigenvalue weighted by Crippen LogP contribution is -2.09. The molecule has 162 valence electrons. The van der Waals surface area contributed by atoms with Crippen LogP contribution in [0.15, 0.2) is 70.5 Å². The molecule has 0 fully saturated rings. The highest BCUT2D eigenvalue weighted by molar-refractivity contribution is 7.99. The van der Waals surface area contributed by atoms with Crippen LogP contribution in [-0.2, 0) is 4.74 Å². The minimum Gasteiger partial charge on any atom is -0.493 e. The molecule has 4 rings (SSSR count). The molecule has 0 spiro atoms. The number of fused-ring (bicyclic) bond motifs is 1. The minimum absolute atomic E-state index is 0.0799. The van der Waals surface area contributed by atoms with E-state index in [1.165, 1.54) is 0 Å². The molecule has 2 atom stereocenters. The molecule has 0 saturated heterocycles. The van der Waals surface area contributed by atoms with Crippen molar-refractivity contribution < 1.29 is 23.7 Å². The van der Waals surface area contributed by atoms with Crippen molar-refractivity contribution in [2.75, 3.05) is 28.1 Å². The van der Waals surface area contributed by atoms with E-state index in [9.17, 15) is 0 Å². The van der Waals surface area contributed by atoms with Gasteiger partial charge in [0.2, 0.25) is 0 Å². The predicted octanol–water partition coefficient (Wildman–Crippen LogP) is 6.07. The van der Waals surface area contributed by atoms with Crippen LogP contribution in [0.1, 0.15) is 30.1 Å². The van der Waals surface area contributed by atoms with Crippen molar-refractivity contribution in [1.29, 1.82) is 0 Å². The van der Waals surface area contributed by atoms with Crippen LogP contribution in [0.5, 0.6) is 23.0 Å². The summed E-state index contributed by atoms with van der Waals surface area (Å²) in [6.07, 6.45) is -0.156. The van der Waals surface area contributed by atoms with Gasteiger partial charge in [0.1, 0.15) is 17.6 Å². The summed E-state index contributed by atoms with van der Waals surface area (Å²) in [4.78, 5) is 2.18. The monoisotopic (exact) mass is 438 g/mol. The molecule has 1 aliphatic heterocycles. The summed E-state index contributed by atoms with van der Waals surface area (Å²) in [5.74, 6) is 3.10. The van der Waals surface area contributed by atoms with E-state index in [4.69, 9.17) is 23.7 Å². The molecule has 0 aromatic heterocycles. The van der Waals surface area contributed by atoms with Crippen molar-refractivity contribution in [3.63, 3.8) is 0 Å². The second-order valence-corrected chi connectivity index (χ2v) is 8.33. The molecule has 0 unspecified atom stereocenters. The topological polar surface area (TPSA) is 46.2 Å². The molecule has 3 aromatic carbocycles. The third-order valence-electron chi connectivity index (χ3n) is 5.31. The number of benzene rings is 3. The van der Waals surface area contributed by atoms with Crippen LogP contribution in [0.3, 0.4) is 0 Å². The Balaban J connectivity index is 1.70. The fourth-order valence-electron chi connectivity index (χ4n) is 3.83. The number of hydrogen-bond donors (Lipinski definition) is 0. The van der Waals surface area contributed by atoms with E-state index in [1.54, 1.807) is 33.1 Å². The maximum atomic E-state index is 6.38. The third kappa shape index (κ3) is 4.31. The maximum absolute atomic E-state index is 6.38. The lowest BCUT2D eigenvalue weighted by Gasteiger charge is -2.19. The number of methoxy groups -OCH3 is 3. The summed E-state index contributed by atoms with van der Waals surface area (Å²) in [7, 11) is 4.89. The van der Waals surface area contributed by atoms with E-state index < -0.39 is 0 Å². The molecule has 3 aromatic rings. The average molecular weight is 439 g/mol. The summed E-state index contributed by atoms with van der Waals surface area (Å²) < 4.78 is 28.5. The van der Waals surface area contributed by atoms with Gasteiger partial charge in [-0.1, -0.05) is 43.0 Å². The van der Waals surface area contributed by atoms with E-state index in [-0.39, 0.29) is 18.8 Å². The first-order valence-corrected chi connectivity index (χ1v) is 10.9. The van der Waals surface area contributed by atoms with Gasteiger partial charge in [-0.15, -0.1) is 0 Å². The lowest BCUT2D eigenvalue weighted by molar-refractivity contribution is 0.0483. The summed E-state index contributed by atoms with van der Waals surface area (Å²) in [6, 6.07) is 20.2. The Morgan fingerprint density at radius 3 is 2.39 bits per heavy atom. The highest BCUT2D eigenvalue weighted by atomic mass is 32.2. The molecule has 0 radical (unpaired) electrons. The normalized spacial score (nSPS) is 17.0. The molecule has 1 aliphatic rings. The average Bonchev–Trinajstić information content (AvgIpc) is 3.15. The highest BCUT2D eigenvalue weighted by Gasteiger charge is 2.36. The van der Waals surface area contributed by atoms with E-state index in [1.807, 2.05) is 48.5 Å². The fraction of sp³-hybridized carbons (Fsp3) is 0.280. The summed E-state index contributed by atoms with van der Waals surface area (Å²) in [5, 5.41) is 0. The molecular weight excluding hydrogens is 412 g/mol. The van der Waals surface area contributed by atoms with E-state index in [0.717, 1.165) is 32.4 Å². The van der Waals surface area contributed by atoms with E-state index >= 15 is 0 Å². The van der Waals surface area contributed by atoms with Crippen molar-refractivity contribution >= 4 is 11.8 Å². The van der Waals surface area contributed by atoms with Crippen molar-refractivity contribution in [3.05, 3.63) is 71.8 Å². The van der Waals surface area contributed by atoms with Gasteiger partial charge in [-0.3, -0.25) is 0 Å². The molecule has 0 amide bonds. The Morgan fingerprint density at radius 1 is 0.903 bits per heavy atom. The van der Waals surface area contributed by atoms with Crippen LogP contribution in [0, 0.1) is 0 Å². The number of rotatable bonds is 8. The molecule has 0 aliphatic carbocycles. The van der Waals surface area contributed by atoms with Gasteiger partial charge in [0.05, 0.1) is 19.1 Å². The molecule has 5 nitrogen and oxygen atoms in total. The van der Waals surface area contributed by atoms with Gasteiger partial charge in [0.15, 0.2) is 18.3 Å². The molecule has 1 heterocycles. The quantitative estimate of drug-likeness (QED) is 0.398. The van der Waals surface area contributed by atoms with Crippen LogP contribution in [-0.4, -0.2) is 28.1 Å². The molecular formula is C25H26O5S. The molecule has 6 heteroatoms. The van der Waals surface area contributed by atoms with Crippen LogP contribution >= 0.6 is 11.8 Å². The van der Waals surface area contributed by atoms with Gasteiger partial charge < -0.3 is 23.7 Å². The second-order valence-electron chi connectivity index (χ2n) is 7.21. The predicted molar refractivity (Wildman–Crippen MR) is 121 cm³/mol. The molecule has 0 saturated carbocycles. The standard InChI is InChI=1S/C25H26O5S/c1-16-23-20(30-24(16)17-10-11-19(27-3)21(14-17)28-4)12-13-22(25(23)29-15-26-2)31-18-8-6-5-7-9-18/h5-14,16,24H,15H2,1-4H3/t16-,24-/m0/s1. The first-order valence-electron chi connectivity index (χ1n) is 10.1. The van der Waals surface area contributed by atoms with Crippen molar-refractivity contribution in [3.8, 4) is 23.0 Å². The smallest absolute Gasteiger partial charge is 0.188 e. The molecule has 0 bridgehead atoms. The van der Waals surface area contributed by atoms with E-state index in [0.29, 0.717) is 11.5 Å². The minimum atomic E-state index is -0.156. The highest BCUT2D eigenvalue weighted by Crippen LogP contribution is 2.53. The Morgan fingerprint density at radius 2 is 1.68 bits per heavy atom. The van der Waals surface area contributed by atoms with Gasteiger partial charge in [-0.05, 0) is 42.0 Å². The van der Waals surface area contributed by atoms with Crippen molar-refractivity contribution in [2.24, 2.45) is 0 Å². The van der Waals surface area contributed by atoms with Crippen LogP contribution in [0.25, 0.3) is 0 Å². The first-order chi connectivity index (χ1) is 15.2. The summed E-state index contributed by atoms with van der Waals surface area (Å²) in [5.41, 5.74) is 2.08. The Hall–Kier alpha value is -2.83. The third-order valence-corrected chi connectivity index (χ3v) is 6.36. The van der Waals surface area contributed by atoms with Crippen LogP contribution in [0.4, 0.5) is 0 Å². The van der Waals surface area contributed by atoms with Gasteiger partial charge in [0, 0.05) is 23.5 Å². The van der Waals surface area contributed by atoms with Gasteiger partial charge in [-0.25, -0.2) is 0 Å². The second kappa shape index (κ2) is 9.54. The Bertz CT molecular complexity index is 1040. The Kier molecular flexibility index (Phi) is 6.59. The summed E-state index contributed by atoms with van der Waals surface area (Å²) >= 11 is 1.67. The fourth-order valence-corrected chi connectivity index (χ4v) is 4.78. The maximum Gasteiger partial charge on any atom is 0.188 e. The number of ether oxygens (including phenoxy) is 5. The largest absolute Gasteiger partial charge is 0.493 e.